The molecule has 9 heteroatoms. The summed E-state index contributed by atoms with van der Waals surface area (Å²) in [7, 11) is 1.56. The van der Waals surface area contributed by atoms with Gasteiger partial charge in [-0.05, 0) is 48.0 Å². The minimum atomic E-state index is -0.611. The lowest BCUT2D eigenvalue weighted by atomic mass is 9.94. The van der Waals surface area contributed by atoms with Gasteiger partial charge in [0.05, 0.1) is 18.4 Å². The van der Waals surface area contributed by atoms with Gasteiger partial charge in [-0.25, -0.2) is 0 Å². The van der Waals surface area contributed by atoms with Gasteiger partial charge in [0.15, 0.2) is 0 Å². The first kappa shape index (κ1) is 23.1. The third kappa shape index (κ3) is 4.50. The van der Waals surface area contributed by atoms with E-state index >= 15 is 0 Å². The van der Waals surface area contributed by atoms with E-state index in [2.05, 4.69) is 38.3 Å². The number of nitrogens with one attached hydrogen (secondary N) is 2. The summed E-state index contributed by atoms with van der Waals surface area (Å²) < 4.78 is 13.3. The quantitative estimate of drug-likeness (QED) is 0.400. The van der Waals surface area contributed by atoms with Crippen LogP contribution >= 0.6 is 0 Å². The molecule has 0 saturated heterocycles. The average Bonchev–Trinajstić information content (AvgIpc) is 3.36. The number of benzene rings is 3. The molecule has 4 aromatic rings. The minimum Gasteiger partial charge on any atom is -0.495 e. The number of aromatic nitrogens is 4. The van der Waals surface area contributed by atoms with Crippen LogP contribution in [0.4, 0.5) is 11.6 Å². The topological polar surface area (TPSA) is 103 Å². The molecule has 1 unspecified atom stereocenters. The summed E-state index contributed by atoms with van der Waals surface area (Å²) in [5.41, 5.74) is 4.67. The molecule has 1 atom stereocenters. The third-order valence-electron chi connectivity index (χ3n) is 6.04. The fourth-order valence-corrected chi connectivity index (χ4v) is 4.21. The fourth-order valence-electron chi connectivity index (χ4n) is 4.21. The molecule has 0 radical (unpaired) electrons. The van der Waals surface area contributed by atoms with Crippen LogP contribution in [0, 0.1) is 6.92 Å². The monoisotopic (exact) mass is 482 g/mol. The number of methoxy groups -OCH3 is 1. The summed E-state index contributed by atoms with van der Waals surface area (Å²) in [6, 6.07) is 22.5. The zero-order valence-electron chi connectivity index (χ0n) is 20.2. The number of hydrogen-bond acceptors (Lipinski definition) is 7. The second-order valence-corrected chi connectivity index (χ2v) is 8.48. The maximum absolute atomic E-state index is 13.7. The van der Waals surface area contributed by atoms with Crippen LogP contribution < -0.4 is 20.1 Å². The summed E-state index contributed by atoms with van der Waals surface area (Å²) >= 11 is 0. The SMILES string of the molecule is COc1ccccc1NC(=O)C1=C(C)Nc2nnnn2C1c1ccccc1OCc1ccc(C)cc1. The molecule has 0 saturated carbocycles. The molecule has 36 heavy (non-hydrogen) atoms. The van der Waals surface area contributed by atoms with Crippen LogP contribution in [0.2, 0.25) is 0 Å². The van der Waals surface area contributed by atoms with Crippen molar-refractivity contribution in [3.05, 3.63) is 101 Å². The molecule has 3 aromatic carbocycles. The van der Waals surface area contributed by atoms with Gasteiger partial charge in [-0.1, -0.05) is 65.3 Å². The van der Waals surface area contributed by atoms with Crippen molar-refractivity contribution in [2.75, 3.05) is 17.7 Å². The molecule has 1 aliphatic heterocycles. The van der Waals surface area contributed by atoms with Gasteiger partial charge in [-0.3, -0.25) is 4.79 Å². The maximum Gasteiger partial charge on any atom is 0.255 e. The Morgan fingerprint density at radius 1 is 1.00 bits per heavy atom. The average molecular weight is 483 g/mol. The largest absolute Gasteiger partial charge is 0.495 e. The number of ether oxygens (including phenoxy) is 2. The molecule has 1 aromatic heterocycles. The molecule has 0 spiro atoms. The van der Waals surface area contributed by atoms with Crippen LogP contribution in [0.1, 0.15) is 29.7 Å². The molecule has 9 nitrogen and oxygen atoms in total. The van der Waals surface area contributed by atoms with Crippen molar-refractivity contribution in [1.29, 1.82) is 0 Å². The zero-order chi connectivity index (χ0) is 25.1. The molecule has 0 fully saturated rings. The van der Waals surface area contributed by atoms with Gasteiger partial charge < -0.3 is 20.1 Å². The molecular formula is C27H26N6O3. The van der Waals surface area contributed by atoms with Crippen LogP contribution in [0.25, 0.3) is 0 Å². The molecule has 2 heterocycles. The van der Waals surface area contributed by atoms with Crippen LogP contribution in [-0.2, 0) is 11.4 Å². The number of aryl methyl sites for hydroxylation is 1. The first-order valence-electron chi connectivity index (χ1n) is 11.5. The van der Waals surface area contributed by atoms with Gasteiger partial charge in [0, 0.05) is 11.3 Å². The van der Waals surface area contributed by atoms with Gasteiger partial charge in [0.25, 0.3) is 5.91 Å². The number of rotatable bonds is 7. The van der Waals surface area contributed by atoms with Crippen molar-refractivity contribution in [2.24, 2.45) is 0 Å². The molecular weight excluding hydrogens is 456 g/mol. The third-order valence-corrected chi connectivity index (χ3v) is 6.04. The lowest BCUT2D eigenvalue weighted by molar-refractivity contribution is -0.113. The number of para-hydroxylation sites is 3. The number of amides is 1. The second kappa shape index (κ2) is 9.91. The number of allylic oxidation sites excluding steroid dienone is 1. The lowest BCUT2D eigenvalue weighted by Gasteiger charge is -2.29. The Bertz CT molecular complexity index is 1430. The van der Waals surface area contributed by atoms with Gasteiger partial charge in [0.1, 0.15) is 24.1 Å². The van der Waals surface area contributed by atoms with Crippen LogP contribution in [0.5, 0.6) is 11.5 Å². The molecule has 5 rings (SSSR count). The van der Waals surface area contributed by atoms with E-state index in [1.165, 1.54) is 5.56 Å². The first-order valence-corrected chi connectivity index (χ1v) is 11.5. The van der Waals surface area contributed by atoms with Crippen LogP contribution in [-0.4, -0.2) is 33.2 Å². The number of carbonyl (C=O) groups is 1. The number of anilines is 2. The number of fused-ring (bicyclic) bond motifs is 1. The molecule has 0 aliphatic carbocycles. The first-order chi connectivity index (χ1) is 17.5. The van der Waals surface area contributed by atoms with Crippen molar-refractivity contribution in [2.45, 2.75) is 26.5 Å². The normalized spacial score (nSPS) is 14.6. The minimum absolute atomic E-state index is 0.302. The van der Waals surface area contributed by atoms with E-state index in [0.717, 1.165) is 11.1 Å². The highest BCUT2D eigenvalue weighted by molar-refractivity contribution is 6.06. The Labute approximate surface area is 208 Å². The molecule has 1 amide bonds. The van der Waals surface area contributed by atoms with Crippen LogP contribution in [0.15, 0.2) is 84.1 Å². The number of tetrazole rings is 1. The fraction of sp³-hybridized carbons (Fsp3) is 0.185. The van der Waals surface area contributed by atoms with Gasteiger partial charge in [-0.15, -0.1) is 0 Å². The zero-order valence-corrected chi connectivity index (χ0v) is 20.2. The smallest absolute Gasteiger partial charge is 0.255 e. The predicted octanol–water partition coefficient (Wildman–Crippen LogP) is 4.50. The summed E-state index contributed by atoms with van der Waals surface area (Å²) in [5.74, 6) is 1.35. The van der Waals surface area contributed by atoms with Gasteiger partial charge in [-0.2, -0.15) is 4.68 Å². The number of carbonyl (C=O) groups excluding carboxylic acids is 1. The van der Waals surface area contributed by atoms with E-state index < -0.39 is 6.04 Å². The van der Waals surface area contributed by atoms with E-state index in [1.807, 2.05) is 62.4 Å². The van der Waals surface area contributed by atoms with E-state index in [9.17, 15) is 4.79 Å². The van der Waals surface area contributed by atoms with E-state index in [0.29, 0.717) is 41.0 Å². The Morgan fingerprint density at radius 3 is 2.50 bits per heavy atom. The highest BCUT2D eigenvalue weighted by atomic mass is 16.5. The number of nitrogens with zero attached hydrogens (tertiary/aromatic N) is 4. The Balaban J connectivity index is 1.52. The summed E-state index contributed by atoms with van der Waals surface area (Å²) in [6.45, 7) is 4.27. The summed E-state index contributed by atoms with van der Waals surface area (Å²) in [6.07, 6.45) is 0. The second-order valence-electron chi connectivity index (χ2n) is 8.48. The Hall–Kier alpha value is -4.66. The van der Waals surface area contributed by atoms with E-state index in [1.54, 1.807) is 23.9 Å². The number of hydrogen-bond donors (Lipinski definition) is 2. The van der Waals surface area contributed by atoms with Gasteiger partial charge in [0.2, 0.25) is 5.95 Å². The lowest BCUT2D eigenvalue weighted by Crippen LogP contribution is -2.32. The van der Waals surface area contributed by atoms with E-state index in [-0.39, 0.29) is 5.91 Å². The highest BCUT2D eigenvalue weighted by Gasteiger charge is 2.36. The Morgan fingerprint density at radius 2 is 1.72 bits per heavy atom. The predicted molar refractivity (Wildman–Crippen MR) is 136 cm³/mol. The summed E-state index contributed by atoms with van der Waals surface area (Å²) in [4.78, 5) is 13.7. The van der Waals surface area contributed by atoms with Crippen molar-refractivity contribution in [1.82, 2.24) is 20.2 Å². The Kier molecular flexibility index (Phi) is 6.36. The van der Waals surface area contributed by atoms with E-state index in [4.69, 9.17) is 9.47 Å². The molecule has 1 aliphatic rings. The van der Waals surface area contributed by atoms with Crippen LogP contribution in [0.3, 0.4) is 0 Å². The maximum atomic E-state index is 13.7. The molecule has 2 N–H and O–H groups in total. The highest BCUT2D eigenvalue weighted by Crippen LogP contribution is 2.39. The standard InChI is InChI=1S/C27H26N6O3/c1-17-12-14-19(15-13-17)16-36-22-10-6-4-8-20(22)25-24(18(2)28-27-30-31-32-33(25)27)26(34)29-21-9-5-7-11-23(21)35-3/h4-15,25H,16H2,1-3H3,(H,29,34)(H,28,30,32). The van der Waals surface area contributed by atoms with Crippen molar-refractivity contribution < 1.29 is 14.3 Å². The molecule has 0 bridgehead atoms. The van der Waals surface area contributed by atoms with Gasteiger partial charge >= 0.3 is 0 Å². The van der Waals surface area contributed by atoms with Crippen molar-refractivity contribution in [3.8, 4) is 11.5 Å². The summed E-state index contributed by atoms with van der Waals surface area (Å²) in [5, 5.41) is 18.2. The van der Waals surface area contributed by atoms with Crippen molar-refractivity contribution >= 4 is 17.5 Å². The molecule has 182 valence electrons. The van der Waals surface area contributed by atoms with Crippen molar-refractivity contribution in [3.63, 3.8) is 0 Å².